The topological polar surface area (TPSA) is 40.5 Å². The lowest BCUT2D eigenvalue weighted by Gasteiger charge is -2.59. The van der Waals surface area contributed by atoms with Gasteiger partial charge in [0, 0.05) is 6.61 Å². The van der Waals surface area contributed by atoms with Gasteiger partial charge in [-0.2, -0.15) is 0 Å². The summed E-state index contributed by atoms with van der Waals surface area (Å²) in [6.45, 7) is 4.99. The zero-order chi connectivity index (χ0) is 16.9. The fourth-order valence-electron chi connectivity index (χ4n) is 7.86. The molecule has 0 aromatic carbocycles. The Hall–Kier alpha value is -0.0800. The van der Waals surface area contributed by atoms with E-state index in [-0.39, 0.29) is 0 Å². The van der Waals surface area contributed by atoms with Crippen LogP contribution in [-0.4, -0.2) is 22.4 Å². The van der Waals surface area contributed by atoms with E-state index >= 15 is 0 Å². The minimum atomic E-state index is -0.401. The second-order valence-corrected chi connectivity index (χ2v) is 10.4. The van der Waals surface area contributed by atoms with E-state index in [0.29, 0.717) is 17.9 Å². The van der Waals surface area contributed by atoms with Crippen molar-refractivity contribution >= 4 is 0 Å². The van der Waals surface area contributed by atoms with Crippen molar-refractivity contribution in [3.8, 4) is 0 Å². The smallest absolute Gasteiger partial charge is 0.0622 e. The van der Waals surface area contributed by atoms with Gasteiger partial charge in [0.15, 0.2) is 0 Å². The molecule has 0 bridgehead atoms. The highest BCUT2D eigenvalue weighted by Crippen LogP contribution is 2.62. The number of hydrogen-bond donors (Lipinski definition) is 2. The van der Waals surface area contributed by atoms with E-state index in [0.717, 1.165) is 42.4 Å². The molecule has 0 spiro atoms. The van der Waals surface area contributed by atoms with E-state index in [1.807, 2.05) is 0 Å². The predicted octanol–water partition coefficient (Wildman–Crippen LogP) is 4.78. The van der Waals surface area contributed by atoms with E-state index < -0.39 is 5.60 Å². The molecule has 4 aliphatic carbocycles. The van der Waals surface area contributed by atoms with Crippen molar-refractivity contribution in [3.05, 3.63) is 0 Å². The van der Waals surface area contributed by atoms with Crippen LogP contribution in [0.4, 0.5) is 0 Å². The Balaban J connectivity index is 1.57. The molecule has 8 atom stereocenters. The molecule has 0 saturated heterocycles. The lowest BCUT2D eigenvalue weighted by molar-refractivity contribution is -0.117. The molecule has 0 unspecified atom stereocenters. The molecule has 0 radical (unpaired) electrons. The van der Waals surface area contributed by atoms with Crippen LogP contribution in [0.1, 0.15) is 84.5 Å². The molecule has 4 rings (SSSR count). The summed E-state index contributed by atoms with van der Waals surface area (Å²) in [6.07, 6.45) is 14.1. The van der Waals surface area contributed by atoms with Crippen molar-refractivity contribution in [2.45, 2.75) is 90.1 Å². The van der Waals surface area contributed by atoms with Gasteiger partial charge in [-0.05, 0) is 106 Å². The van der Waals surface area contributed by atoms with E-state index in [1.54, 1.807) is 0 Å². The van der Waals surface area contributed by atoms with Gasteiger partial charge >= 0.3 is 0 Å². The lowest BCUT2D eigenvalue weighted by atomic mass is 9.47. The van der Waals surface area contributed by atoms with Crippen molar-refractivity contribution in [1.82, 2.24) is 0 Å². The Kier molecular flexibility index (Phi) is 4.53. The molecule has 24 heavy (non-hydrogen) atoms. The summed E-state index contributed by atoms with van der Waals surface area (Å²) in [4.78, 5) is 0. The molecule has 4 fully saturated rings. The Morgan fingerprint density at radius 2 is 1.58 bits per heavy atom. The second-order valence-electron chi connectivity index (χ2n) is 10.4. The van der Waals surface area contributed by atoms with Crippen LogP contribution in [0.2, 0.25) is 0 Å². The normalized spacial score (nSPS) is 55.0. The first-order valence-corrected chi connectivity index (χ1v) is 10.8. The van der Waals surface area contributed by atoms with Crippen LogP contribution in [0, 0.1) is 40.9 Å². The fourth-order valence-corrected chi connectivity index (χ4v) is 7.86. The molecule has 0 aliphatic heterocycles. The van der Waals surface area contributed by atoms with Crippen molar-refractivity contribution in [3.63, 3.8) is 0 Å². The molecule has 2 N–H and O–H groups in total. The third kappa shape index (κ3) is 2.76. The summed E-state index contributed by atoms with van der Waals surface area (Å²) >= 11 is 0. The van der Waals surface area contributed by atoms with E-state index in [1.165, 1.54) is 57.8 Å². The van der Waals surface area contributed by atoms with Gasteiger partial charge in [-0.25, -0.2) is 0 Å². The Morgan fingerprint density at radius 1 is 0.833 bits per heavy atom. The van der Waals surface area contributed by atoms with Gasteiger partial charge in [0.1, 0.15) is 0 Å². The average Bonchev–Trinajstić information content (AvgIpc) is 2.71. The van der Waals surface area contributed by atoms with Crippen molar-refractivity contribution in [1.29, 1.82) is 0 Å². The summed E-state index contributed by atoms with van der Waals surface area (Å²) in [7, 11) is 0. The highest BCUT2D eigenvalue weighted by atomic mass is 16.3. The van der Waals surface area contributed by atoms with Gasteiger partial charge in [0.05, 0.1) is 5.60 Å². The lowest BCUT2D eigenvalue weighted by Crippen LogP contribution is -2.52. The largest absolute Gasteiger partial charge is 0.396 e. The molecule has 2 heteroatoms. The first kappa shape index (κ1) is 17.3. The minimum absolute atomic E-state index is 0.388. The van der Waals surface area contributed by atoms with Gasteiger partial charge < -0.3 is 10.2 Å². The van der Waals surface area contributed by atoms with Crippen LogP contribution >= 0.6 is 0 Å². The van der Waals surface area contributed by atoms with Gasteiger partial charge in [-0.1, -0.05) is 19.8 Å². The standard InChI is InChI=1S/C22H38O2/c1-21(24)11-9-17-15(13-21)7-8-19-18(17)10-12-22(2)16(14-23)5-3-4-6-20(19)22/h15-20,23-24H,3-14H2,1-2H3/t15-,16+,17+,18-,19-,20+,21-,22-/m1/s1. The van der Waals surface area contributed by atoms with Gasteiger partial charge in [-0.15, -0.1) is 0 Å². The van der Waals surface area contributed by atoms with E-state index in [2.05, 4.69) is 13.8 Å². The maximum atomic E-state index is 10.5. The third-order valence-electron chi connectivity index (χ3n) is 9.15. The van der Waals surface area contributed by atoms with Crippen molar-refractivity contribution < 1.29 is 10.2 Å². The molecule has 4 aliphatic rings. The molecule has 0 aromatic rings. The number of rotatable bonds is 1. The van der Waals surface area contributed by atoms with Crippen LogP contribution < -0.4 is 0 Å². The second kappa shape index (κ2) is 6.27. The van der Waals surface area contributed by atoms with Crippen molar-refractivity contribution in [2.24, 2.45) is 40.9 Å². The maximum absolute atomic E-state index is 10.5. The molecular weight excluding hydrogens is 296 g/mol. The maximum Gasteiger partial charge on any atom is 0.0622 e. The fraction of sp³-hybridized carbons (Fsp3) is 1.00. The predicted molar refractivity (Wildman–Crippen MR) is 97.5 cm³/mol. The summed E-state index contributed by atoms with van der Waals surface area (Å²) in [6, 6.07) is 0. The molecule has 2 nitrogen and oxygen atoms in total. The molecular formula is C22H38O2. The highest BCUT2D eigenvalue weighted by Gasteiger charge is 2.55. The van der Waals surface area contributed by atoms with Gasteiger partial charge in [0.25, 0.3) is 0 Å². The number of aliphatic hydroxyl groups is 2. The zero-order valence-corrected chi connectivity index (χ0v) is 15.8. The summed E-state index contributed by atoms with van der Waals surface area (Å²) in [5.74, 6) is 4.86. The summed E-state index contributed by atoms with van der Waals surface area (Å²) in [5.41, 5.74) is -0.0130. The van der Waals surface area contributed by atoms with Gasteiger partial charge in [-0.3, -0.25) is 0 Å². The van der Waals surface area contributed by atoms with Crippen LogP contribution in [0.5, 0.6) is 0 Å². The first-order chi connectivity index (χ1) is 11.4. The van der Waals surface area contributed by atoms with Crippen LogP contribution in [0.15, 0.2) is 0 Å². The SMILES string of the molecule is C[C@@]1(O)CC[C@H]2[C@H](CC[C@@H]3[C@@H]2CC[C@]2(C)[C@H](CO)CCCC[C@@H]32)C1. The number of hydrogen-bond acceptors (Lipinski definition) is 2. The van der Waals surface area contributed by atoms with Crippen LogP contribution in [0.3, 0.4) is 0 Å². The monoisotopic (exact) mass is 334 g/mol. The third-order valence-corrected chi connectivity index (χ3v) is 9.15. The van der Waals surface area contributed by atoms with E-state index in [4.69, 9.17) is 0 Å². The average molecular weight is 335 g/mol. The molecule has 4 saturated carbocycles. The quantitative estimate of drug-likeness (QED) is 0.724. The Morgan fingerprint density at radius 3 is 2.38 bits per heavy atom. The van der Waals surface area contributed by atoms with Gasteiger partial charge in [0.2, 0.25) is 0 Å². The van der Waals surface area contributed by atoms with Crippen LogP contribution in [0.25, 0.3) is 0 Å². The Labute approximate surface area is 148 Å². The van der Waals surface area contributed by atoms with Crippen LogP contribution in [-0.2, 0) is 0 Å². The van der Waals surface area contributed by atoms with Crippen molar-refractivity contribution in [2.75, 3.05) is 6.61 Å². The first-order valence-electron chi connectivity index (χ1n) is 10.8. The zero-order valence-electron chi connectivity index (χ0n) is 15.8. The number of aliphatic hydroxyl groups excluding tert-OH is 1. The minimum Gasteiger partial charge on any atom is -0.396 e. The number of fused-ring (bicyclic) bond motifs is 5. The molecule has 0 amide bonds. The molecule has 0 heterocycles. The molecule has 138 valence electrons. The Bertz CT molecular complexity index is 459. The summed E-state index contributed by atoms with van der Waals surface area (Å²) < 4.78 is 0. The molecule has 0 aromatic heterocycles. The highest BCUT2D eigenvalue weighted by molar-refractivity contribution is 5.04. The summed E-state index contributed by atoms with van der Waals surface area (Å²) in [5, 5.41) is 20.5. The van der Waals surface area contributed by atoms with E-state index in [9.17, 15) is 10.2 Å².